The number of carbonyl (C=O) groups is 1. The number of guanidine groups is 1. The maximum Gasteiger partial charge on any atom is 0.224 e. The standard InChI is InChI=1S/C23H30N4O3S.HI/c28-22(27-12-1-2-13-27)9-11-25-23(24-10-8-19-5-3-16-31-19)26-18-6-7-20-21(17-18)30-15-4-14-29-20;/h3,5-7,16-17H,1-2,4,8-15H2,(H2,24,25,26);1H. The zero-order valence-electron chi connectivity index (χ0n) is 18.2. The van der Waals surface area contributed by atoms with E-state index >= 15 is 0 Å². The number of benzene rings is 1. The van der Waals surface area contributed by atoms with Gasteiger partial charge < -0.3 is 25.0 Å². The molecule has 0 bridgehead atoms. The van der Waals surface area contributed by atoms with E-state index in [2.05, 4.69) is 28.1 Å². The van der Waals surface area contributed by atoms with Crippen LogP contribution in [0.15, 0.2) is 40.7 Å². The Morgan fingerprint density at radius 1 is 1.09 bits per heavy atom. The van der Waals surface area contributed by atoms with Gasteiger partial charge in [-0.1, -0.05) is 6.07 Å². The number of hydrogen-bond donors (Lipinski definition) is 2. The van der Waals surface area contributed by atoms with Crippen LogP contribution >= 0.6 is 35.3 Å². The summed E-state index contributed by atoms with van der Waals surface area (Å²) in [4.78, 5) is 20.3. The molecule has 2 aliphatic heterocycles. The fourth-order valence-corrected chi connectivity index (χ4v) is 4.36. The van der Waals surface area contributed by atoms with Crippen molar-refractivity contribution in [2.45, 2.75) is 32.1 Å². The minimum atomic E-state index is 0. The summed E-state index contributed by atoms with van der Waals surface area (Å²) in [7, 11) is 0. The molecule has 2 aliphatic rings. The smallest absolute Gasteiger partial charge is 0.224 e. The maximum atomic E-state index is 12.3. The van der Waals surface area contributed by atoms with Crippen LogP contribution in [0.25, 0.3) is 0 Å². The quantitative estimate of drug-likeness (QED) is 0.298. The summed E-state index contributed by atoms with van der Waals surface area (Å²) in [5.74, 6) is 2.38. The number of hydrogen-bond acceptors (Lipinski definition) is 5. The van der Waals surface area contributed by atoms with Crippen molar-refractivity contribution in [2.24, 2.45) is 4.99 Å². The zero-order chi connectivity index (χ0) is 21.3. The highest BCUT2D eigenvalue weighted by molar-refractivity contribution is 14.0. The van der Waals surface area contributed by atoms with Crippen LogP contribution in [0.3, 0.4) is 0 Å². The van der Waals surface area contributed by atoms with Crippen LogP contribution in [0.1, 0.15) is 30.6 Å². The molecule has 1 fully saturated rings. The van der Waals surface area contributed by atoms with Crippen LogP contribution in [0.2, 0.25) is 0 Å². The van der Waals surface area contributed by atoms with Crippen LogP contribution in [-0.2, 0) is 11.2 Å². The van der Waals surface area contributed by atoms with Gasteiger partial charge in [0.1, 0.15) is 0 Å². The fraction of sp³-hybridized carbons (Fsp3) is 0.478. The van der Waals surface area contributed by atoms with Gasteiger partial charge in [0.25, 0.3) is 0 Å². The lowest BCUT2D eigenvalue weighted by Crippen LogP contribution is -2.35. The Morgan fingerprint density at radius 2 is 1.91 bits per heavy atom. The van der Waals surface area contributed by atoms with Gasteiger partial charge in [-0.25, -0.2) is 0 Å². The average molecular weight is 570 g/mol. The molecule has 0 saturated carbocycles. The molecule has 7 nitrogen and oxygen atoms in total. The van der Waals surface area contributed by atoms with Crippen LogP contribution in [0, 0.1) is 0 Å². The predicted molar refractivity (Wildman–Crippen MR) is 140 cm³/mol. The highest BCUT2D eigenvalue weighted by atomic mass is 127. The second-order valence-corrected chi connectivity index (χ2v) is 8.69. The second kappa shape index (κ2) is 12.9. The summed E-state index contributed by atoms with van der Waals surface area (Å²) in [6, 6.07) is 10.00. The fourth-order valence-electron chi connectivity index (χ4n) is 3.66. The summed E-state index contributed by atoms with van der Waals surface area (Å²) >= 11 is 1.74. The number of fused-ring (bicyclic) bond motifs is 1. The van der Waals surface area contributed by atoms with Crippen molar-refractivity contribution in [3.8, 4) is 11.5 Å². The molecule has 1 amide bonds. The van der Waals surface area contributed by atoms with Gasteiger partial charge in [-0.2, -0.15) is 0 Å². The number of carbonyl (C=O) groups excluding carboxylic acids is 1. The largest absolute Gasteiger partial charge is 0.490 e. The van der Waals surface area contributed by atoms with Crippen molar-refractivity contribution in [3.05, 3.63) is 40.6 Å². The molecule has 1 saturated heterocycles. The van der Waals surface area contributed by atoms with Gasteiger partial charge in [-0.15, -0.1) is 35.3 Å². The molecule has 0 aliphatic carbocycles. The lowest BCUT2D eigenvalue weighted by molar-refractivity contribution is -0.129. The molecular formula is C23H31IN4O3S. The van der Waals surface area contributed by atoms with Crippen molar-refractivity contribution in [1.29, 1.82) is 0 Å². The van der Waals surface area contributed by atoms with Crippen LogP contribution in [0.4, 0.5) is 5.69 Å². The van der Waals surface area contributed by atoms with Gasteiger partial charge in [-0.3, -0.25) is 9.79 Å². The molecule has 1 aromatic carbocycles. The summed E-state index contributed by atoms with van der Waals surface area (Å²) in [6.45, 7) is 4.30. The Bertz CT molecular complexity index is 885. The Morgan fingerprint density at radius 3 is 2.69 bits per heavy atom. The third-order valence-corrected chi connectivity index (χ3v) is 6.24. The van der Waals surface area contributed by atoms with Crippen molar-refractivity contribution in [3.63, 3.8) is 0 Å². The third-order valence-electron chi connectivity index (χ3n) is 5.31. The number of ether oxygens (including phenoxy) is 2. The molecule has 0 atom stereocenters. The molecule has 9 heteroatoms. The van der Waals surface area contributed by atoms with Crippen LogP contribution in [0.5, 0.6) is 11.5 Å². The van der Waals surface area contributed by atoms with E-state index in [9.17, 15) is 4.79 Å². The first kappa shape index (κ1) is 24.6. The summed E-state index contributed by atoms with van der Waals surface area (Å²) in [6.07, 6.45) is 4.45. The molecule has 174 valence electrons. The first-order valence-corrected chi connectivity index (χ1v) is 11.9. The lowest BCUT2D eigenvalue weighted by Gasteiger charge is -2.17. The Balaban J connectivity index is 0.00000289. The molecule has 1 aromatic heterocycles. The molecule has 3 heterocycles. The number of rotatable bonds is 7. The van der Waals surface area contributed by atoms with Gasteiger partial charge in [0, 0.05) is 62.1 Å². The van der Waals surface area contributed by atoms with E-state index in [1.165, 1.54) is 4.88 Å². The number of anilines is 1. The Labute approximate surface area is 210 Å². The molecule has 0 unspecified atom stereocenters. The first-order chi connectivity index (χ1) is 15.3. The number of nitrogens with zero attached hydrogens (tertiary/aromatic N) is 2. The summed E-state index contributed by atoms with van der Waals surface area (Å²) in [5, 5.41) is 8.75. The van der Waals surface area contributed by atoms with Gasteiger partial charge in [0.2, 0.25) is 5.91 Å². The van der Waals surface area contributed by atoms with E-state index in [1.807, 2.05) is 23.1 Å². The number of amides is 1. The maximum absolute atomic E-state index is 12.3. The van der Waals surface area contributed by atoms with Crippen LogP contribution < -0.4 is 20.1 Å². The number of aliphatic imine (C=N–C) groups is 1. The van der Waals surface area contributed by atoms with Crippen molar-refractivity contribution >= 4 is 52.9 Å². The van der Waals surface area contributed by atoms with Crippen molar-refractivity contribution < 1.29 is 14.3 Å². The topological polar surface area (TPSA) is 75.2 Å². The lowest BCUT2D eigenvalue weighted by atomic mass is 10.2. The monoisotopic (exact) mass is 570 g/mol. The zero-order valence-corrected chi connectivity index (χ0v) is 21.3. The highest BCUT2D eigenvalue weighted by Gasteiger charge is 2.17. The molecular weight excluding hydrogens is 539 g/mol. The number of likely N-dealkylation sites (tertiary alicyclic amines) is 1. The summed E-state index contributed by atoms with van der Waals surface area (Å²) < 4.78 is 11.5. The normalized spacial score (nSPS) is 15.6. The Hall–Kier alpha value is -2.01. The summed E-state index contributed by atoms with van der Waals surface area (Å²) in [5.41, 5.74) is 0.873. The number of thiophene rings is 1. The molecule has 2 N–H and O–H groups in total. The van der Waals surface area contributed by atoms with Gasteiger partial charge in [0.15, 0.2) is 17.5 Å². The van der Waals surface area contributed by atoms with E-state index in [1.54, 1.807) is 11.3 Å². The van der Waals surface area contributed by atoms with Gasteiger partial charge in [0.05, 0.1) is 13.2 Å². The minimum absolute atomic E-state index is 0. The van der Waals surface area contributed by atoms with E-state index in [0.717, 1.165) is 56.0 Å². The predicted octanol–water partition coefficient (Wildman–Crippen LogP) is 4.14. The Kier molecular flexibility index (Phi) is 9.91. The average Bonchev–Trinajstić information content (AvgIpc) is 3.45. The number of halogens is 1. The molecule has 32 heavy (non-hydrogen) atoms. The SMILES string of the molecule is I.O=C(CCNC(=NCCc1cccs1)Nc1ccc2c(c1)OCCCO2)N1CCCC1. The molecule has 4 rings (SSSR count). The van der Waals surface area contributed by atoms with Gasteiger partial charge >= 0.3 is 0 Å². The highest BCUT2D eigenvalue weighted by Crippen LogP contribution is 2.32. The first-order valence-electron chi connectivity index (χ1n) is 11.0. The molecule has 0 radical (unpaired) electrons. The van der Waals surface area contributed by atoms with E-state index in [4.69, 9.17) is 14.5 Å². The second-order valence-electron chi connectivity index (χ2n) is 7.66. The number of nitrogens with one attached hydrogen (secondary N) is 2. The minimum Gasteiger partial charge on any atom is -0.490 e. The van der Waals surface area contributed by atoms with Crippen molar-refractivity contribution in [2.75, 3.05) is 44.7 Å². The van der Waals surface area contributed by atoms with E-state index < -0.39 is 0 Å². The molecule has 2 aromatic rings. The van der Waals surface area contributed by atoms with E-state index in [-0.39, 0.29) is 29.9 Å². The van der Waals surface area contributed by atoms with E-state index in [0.29, 0.717) is 38.7 Å². The van der Waals surface area contributed by atoms with Crippen molar-refractivity contribution in [1.82, 2.24) is 10.2 Å². The molecule has 0 spiro atoms. The third kappa shape index (κ3) is 7.26. The van der Waals surface area contributed by atoms with Gasteiger partial charge in [-0.05, 0) is 36.4 Å². The van der Waals surface area contributed by atoms with Crippen LogP contribution in [-0.4, -0.2) is 56.2 Å².